The molecular formula is C15H24N4O3. The molecule has 2 aliphatic heterocycles. The van der Waals surface area contributed by atoms with E-state index in [2.05, 4.69) is 10.1 Å². The Kier molecular flexibility index (Phi) is 4.75. The number of hydrogen-bond acceptors (Lipinski definition) is 6. The zero-order chi connectivity index (χ0) is 15.5. The molecule has 0 saturated carbocycles. The molecule has 1 saturated heterocycles. The zero-order valence-electron chi connectivity index (χ0n) is 13.4. The molecule has 7 nitrogen and oxygen atoms in total. The Balaban J connectivity index is 1.67. The van der Waals surface area contributed by atoms with E-state index >= 15 is 0 Å². The van der Waals surface area contributed by atoms with Crippen molar-refractivity contribution in [2.24, 2.45) is 0 Å². The highest BCUT2D eigenvalue weighted by Crippen LogP contribution is 2.23. The smallest absolute Gasteiger partial charge is 0.237 e. The molecule has 3 heterocycles. The molecule has 0 N–H and O–H groups in total. The summed E-state index contributed by atoms with van der Waals surface area (Å²) < 4.78 is 10.9. The van der Waals surface area contributed by atoms with E-state index in [1.807, 2.05) is 23.9 Å². The quantitative estimate of drug-likeness (QED) is 0.777. The van der Waals surface area contributed by atoms with Crippen LogP contribution in [0.25, 0.3) is 0 Å². The summed E-state index contributed by atoms with van der Waals surface area (Å²) in [5.41, 5.74) is 2.07. The second-order valence-corrected chi connectivity index (χ2v) is 6.22. The number of carbonyl (C=O) groups excluding carboxylic acids is 1. The molecule has 0 aliphatic carbocycles. The van der Waals surface area contributed by atoms with Gasteiger partial charge in [-0.15, -0.1) is 0 Å². The Labute approximate surface area is 130 Å². The van der Waals surface area contributed by atoms with Crippen LogP contribution in [0.3, 0.4) is 0 Å². The molecule has 0 aromatic carbocycles. The molecule has 1 aromatic heterocycles. The van der Waals surface area contributed by atoms with Crippen molar-refractivity contribution in [2.75, 3.05) is 53.5 Å². The van der Waals surface area contributed by atoms with Crippen LogP contribution < -0.4 is 0 Å². The van der Waals surface area contributed by atoms with E-state index in [-0.39, 0.29) is 5.91 Å². The van der Waals surface area contributed by atoms with Gasteiger partial charge in [-0.1, -0.05) is 5.16 Å². The fraction of sp³-hybridized carbons (Fsp3) is 0.733. The molecule has 0 atom stereocenters. The van der Waals surface area contributed by atoms with Gasteiger partial charge in [0.2, 0.25) is 5.91 Å². The molecule has 1 aromatic rings. The van der Waals surface area contributed by atoms with Crippen molar-refractivity contribution in [3.8, 4) is 0 Å². The van der Waals surface area contributed by atoms with Crippen molar-refractivity contribution in [3.05, 3.63) is 17.0 Å². The van der Waals surface area contributed by atoms with Gasteiger partial charge in [0, 0.05) is 38.2 Å². The second-order valence-electron chi connectivity index (χ2n) is 6.22. The van der Waals surface area contributed by atoms with Gasteiger partial charge in [-0.25, -0.2) is 0 Å². The molecule has 1 fully saturated rings. The average Bonchev–Trinajstić information content (AvgIpc) is 2.90. The number of fused-ring (bicyclic) bond motifs is 1. The average molecular weight is 308 g/mol. The highest BCUT2D eigenvalue weighted by molar-refractivity contribution is 5.78. The van der Waals surface area contributed by atoms with E-state index in [0.29, 0.717) is 19.6 Å². The normalized spacial score (nSPS) is 19.5. The van der Waals surface area contributed by atoms with Gasteiger partial charge in [0.25, 0.3) is 0 Å². The zero-order valence-corrected chi connectivity index (χ0v) is 13.4. The molecule has 22 heavy (non-hydrogen) atoms. The maximum Gasteiger partial charge on any atom is 0.237 e. The molecule has 3 rings (SSSR count). The van der Waals surface area contributed by atoms with Gasteiger partial charge in [-0.05, 0) is 14.1 Å². The molecule has 2 aliphatic rings. The van der Waals surface area contributed by atoms with Crippen LogP contribution in [0.2, 0.25) is 0 Å². The number of nitrogens with zero attached hydrogens (tertiary/aromatic N) is 4. The van der Waals surface area contributed by atoms with E-state index in [1.165, 1.54) is 0 Å². The maximum absolute atomic E-state index is 12.2. The Morgan fingerprint density at radius 2 is 2.05 bits per heavy atom. The molecular weight excluding hydrogens is 284 g/mol. The Morgan fingerprint density at radius 1 is 1.27 bits per heavy atom. The third kappa shape index (κ3) is 3.48. The Bertz CT molecular complexity index is 523. The number of rotatable bonds is 4. The number of amides is 1. The van der Waals surface area contributed by atoms with Crippen molar-refractivity contribution >= 4 is 5.91 Å². The summed E-state index contributed by atoms with van der Waals surface area (Å²) in [4.78, 5) is 18.4. The summed E-state index contributed by atoms with van der Waals surface area (Å²) in [6.07, 6.45) is 0.755. The van der Waals surface area contributed by atoms with Gasteiger partial charge in [-0.2, -0.15) is 0 Å². The van der Waals surface area contributed by atoms with Crippen LogP contribution in [-0.4, -0.2) is 79.3 Å². The third-order valence-corrected chi connectivity index (χ3v) is 4.19. The first-order valence-electron chi connectivity index (χ1n) is 7.82. The first-order valence-corrected chi connectivity index (χ1v) is 7.82. The number of carbonyl (C=O) groups is 1. The predicted molar refractivity (Wildman–Crippen MR) is 80.3 cm³/mol. The highest BCUT2D eigenvalue weighted by atomic mass is 16.5. The van der Waals surface area contributed by atoms with Crippen molar-refractivity contribution in [3.63, 3.8) is 0 Å². The van der Waals surface area contributed by atoms with Gasteiger partial charge in [0.15, 0.2) is 0 Å². The second kappa shape index (κ2) is 6.76. The van der Waals surface area contributed by atoms with Crippen molar-refractivity contribution in [1.82, 2.24) is 19.9 Å². The van der Waals surface area contributed by atoms with E-state index in [0.717, 1.165) is 56.3 Å². The Hall–Kier alpha value is -1.44. The summed E-state index contributed by atoms with van der Waals surface area (Å²) in [6.45, 7) is 5.94. The largest absolute Gasteiger partial charge is 0.379 e. The van der Waals surface area contributed by atoms with Gasteiger partial charge in [-0.3, -0.25) is 9.69 Å². The van der Waals surface area contributed by atoms with Gasteiger partial charge in [0.05, 0.1) is 26.3 Å². The minimum absolute atomic E-state index is 0.161. The van der Waals surface area contributed by atoms with E-state index in [1.54, 1.807) is 0 Å². The minimum Gasteiger partial charge on any atom is -0.379 e. The third-order valence-electron chi connectivity index (χ3n) is 4.19. The van der Waals surface area contributed by atoms with Gasteiger partial charge >= 0.3 is 0 Å². The molecule has 0 unspecified atom stereocenters. The summed E-state index contributed by atoms with van der Waals surface area (Å²) in [5.74, 6) is 1.10. The number of morpholine rings is 1. The minimum atomic E-state index is 0.161. The maximum atomic E-state index is 12.2. The number of aromatic nitrogens is 1. The molecule has 0 bridgehead atoms. The van der Waals surface area contributed by atoms with Gasteiger partial charge in [0.1, 0.15) is 11.5 Å². The summed E-state index contributed by atoms with van der Waals surface area (Å²) in [6, 6.07) is 0. The lowest BCUT2D eigenvalue weighted by Crippen LogP contribution is -2.41. The van der Waals surface area contributed by atoms with Crippen LogP contribution in [0, 0.1) is 0 Å². The van der Waals surface area contributed by atoms with Crippen molar-refractivity contribution in [1.29, 1.82) is 0 Å². The van der Waals surface area contributed by atoms with E-state index in [9.17, 15) is 4.79 Å². The van der Waals surface area contributed by atoms with Crippen molar-refractivity contribution < 1.29 is 14.1 Å². The molecule has 0 radical (unpaired) electrons. The number of likely N-dealkylation sites (N-methyl/N-ethyl adjacent to an activating group) is 1. The van der Waals surface area contributed by atoms with Crippen LogP contribution in [0.1, 0.15) is 17.0 Å². The molecule has 7 heteroatoms. The predicted octanol–water partition coefficient (Wildman–Crippen LogP) is -0.0469. The lowest BCUT2D eigenvalue weighted by molar-refractivity contribution is -0.132. The van der Waals surface area contributed by atoms with Crippen LogP contribution in [0.4, 0.5) is 0 Å². The molecule has 1 amide bonds. The standard InChI is InChI=1S/C15H24N4O3/c1-17(2)11-15(20)19-4-3-14-12(9-19)13(16-22-14)10-18-5-7-21-8-6-18/h3-11H2,1-2H3. The topological polar surface area (TPSA) is 62.1 Å². The van der Waals surface area contributed by atoms with Crippen LogP contribution in [0.15, 0.2) is 4.52 Å². The van der Waals surface area contributed by atoms with E-state index in [4.69, 9.17) is 9.26 Å². The Morgan fingerprint density at radius 3 is 2.77 bits per heavy atom. The van der Waals surface area contributed by atoms with Crippen LogP contribution in [-0.2, 0) is 29.0 Å². The first-order chi connectivity index (χ1) is 10.6. The number of ether oxygens (including phenoxy) is 1. The van der Waals surface area contributed by atoms with Crippen molar-refractivity contribution in [2.45, 2.75) is 19.5 Å². The van der Waals surface area contributed by atoms with E-state index < -0.39 is 0 Å². The van der Waals surface area contributed by atoms with Gasteiger partial charge < -0.3 is 19.1 Å². The fourth-order valence-corrected chi connectivity index (χ4v) is 2.94. The highest BCUT2D eigenvalue weighted by Gasteiger charge is 2.27. The molecule has 0 spiro atoms. The summed E-state index contributed by atoms with van der Waals surface area (Å²) >= 11 is 0. The lowest BCUT2D eigenvalue weighted by atomic mass is 10.1. The summed E-state index contributed by atoms with van der Waals surface area (Å²) in [5, 5.41) is 4.24. The monoisotopic (exact) mass is 308 g/mol. The summed E-state index contributed by atoms with van der Waals surface area (Å²) in [7, 11) is 3.83. The molecule has 122 valence electrons. The SMILES string of the molecule is CN(C)CC(=O)N1CCc2onc(CN3CCOCC3)c2C1. The lowest BCUT2D eigenvalue weighted by Gasteiger charge is -2.29. The number of hydrogen-bond donors (Lipinski definition) is 0. The van der Waals surface area contributed by atoms with Crippen LogP contribution in [0.5, 0.6) is 0 Å². The fourth-order valence-electron chi connectivity index (χ4n) is 2.94. The van der Waals surface area contributed by atoms with Crippen LogP contribution >= 0.6 is 0 Å². The first kappa shape index (κ1) is 15.5.